The molecule has 104 valence electrons. The number of methoxy groups -OCH3 is 1. The first kappa shape index (κ1) is 15.0. The molecule has 0 bridgehead atoms. The van der Waals surface area contributed by atoms with Crippen LogP contribution in [0.25, 0.3) is 0 Å². The molecular weight excluding hydrogens is 246 g/mol. The Morgan fingerprint density at radius 3 is 2.21 bits per heavy atom. The van der Waals surface area contributed by atoms with Crippen molar-refractivity contribution in [1.29, 1.82) is 0 Å². The van der Waals surface area contributed by atoms with E-state index in [1.54, 1.807) is 45.5 Å². The Bertz CT molecular complexity index is 439. The highest BCUT2D eigenvalue weighted by atomic mass is 16.5. The van der Waals surface area contributed by atoms with Crippen molar-refractivity contribution < 1.29 is 19.4 Å². The van der Waals surface area contributed by atoms with Gasteiger partial charge in [0.05, 0.1) is 13.5 Å². The predicted molar refractivity (Wildman–Crippen MR) is 71.3 cm³/mol. The van der Waals surface area contributed by atoms with Crippen LogP contribution in [0.2, 0.25) is 0 Å². The molecule has 0 aromatic heterocycles. The summed E-state index contributed by atoms with van der Waals surface area (Å²) in [6.45, 7) is 0. The maximum atomic E-state index is 11.7. The summed E-state index contributed by atoms with van der Waals surface area (Å²) in [5.74, 6) is -0.607. The zero-order valence-electron chi connectivity index (χ0n) is 11.4. The van der Waals surface area contributed by atoms with Crippen molar-refractivity contribution in [3.05, 3.63) is 29.8 Å². The van der Waals surface area contributed by atoms with Crippen molar-refractivity contribution in [2.45, 2.75) is 18.8 Å². The predicted octanol–water partition coefficient (Wildman–Crippen LogP) is 1.73. The van der Waals surface area contributed by atoms with Gasteiger partial charge < -0.3 is 14.7 Å². The van der Waals surface area contributed by atoms with Gasteiger partial charge >= 0.3 is 5.97 Å². The average molecular weight is 265 g/mol. The summed E-state index contributed by atoms with van der Waals surface area (Å²) in [4.78, 5) is 24.1. The molecule has 5 heteroatoms. The highest BCUT2D eigenvalue weighted by Crippen LogP contribution is 2.26. The lowest BCUT2D eigenvalue weighted by Crippen LogP contribution is -2.24. The summed E-state index contributed by atoms with van der Waals surface area (Å²) in [5, 5.41) is 8.95. The van der Waals surface area contributed by atoms with E-state index in [1.807, 2.05) is 0 Å². The Balaban J connectivity index is 2.88. The Kier molecular flexibility index (Phi) is 5.36. The molecule has 0 fully saturated rings. The van der Waals surface area contributed by atoms with E-state index in [2.05, 4.69) is 0 Å². The highest BCUT2D eigenvalue weighted by Gasteiger charge is 2.20. The maximum Gasteiger partial charge on any atom is 0.303 e. The third kappa shape index (κ3) is 4.62. The molecule has 0 heterocycles. The molecule has 1 N–H and O–H groups in total. The number of aliphatic carboxylic acids is 1. The average Bonchev–Trinajstić information content (AvgIpc) is 2.37. The lowest BCUT2D eigenvalue weighted by Gasteiger charge is -2.18. The molecule has 1 atom stereocenters. The number of carbonyl (C=O) groups is 2. The van der Waals surface area contributed by atoms with Crippen molar-refractivity contribution in [2.24, 2.45) is 0 Å². The van der Waals surface area contributed by atoms with Crippen molar-refractivity contribution in [1.82, 2.24) is 4.90 Å². The number of carboxylic acids is 1. The number of hydrogen-bond donors (Lipinski definition) is 1. The Labute approximate surface area is 112 Å². The monoisotopic (exact) mass is 265 g/mol. The van der Waals surface area contributed by atoms with Crippen LogP contribution < -0.4 is 4.74 Å². The fourth-order valence-electron chi connectivity index (χ4n) is 1.79. The number of rotatable bonds is 6. The van der Waals surface area contributed by atoms with Crippen molar-refractivity contribution >= 4 is 11.9 Å². The second kappa shape index (κ2) is 6.78. The van der Waals surface area contributed by atoms with Crippen molar-refractivity contribution in [3.8, 4) is 5.75 Å². The van der Waals surface area contributed by atoms with E-state index in [-0.39, 0.29) is 24.7 Å². The fraction of sp³-hybridized carbons (Fsp3) is 0.429. The van der Waals surface area contributed by atoms with Crippen LogP contribution in [0.15, 0.2) is 24.3 Å². The zero-order chi connectivity index (χ0) is 14.4. The molecule has 1 aromatic carbocycles. The summed E-state index contributed by atoms with van der Waals surface area (Å²) in [5.41, 5.74) is 0.832. The quantitative estimate of drug-likeness (QED) is 0.850. The van der Waals surface area contributed by atoms with E-state index in [0.717, 1.165) is 5.56 Å². The smallest absolute Gasteiger partial charge is 0.303 e. The lowest BCUT2D eigenvalue weighted by molar-refractivity contribution is -0.137. The minimum absolute atomic E-state index is 0.0636. The number of nitrogens with zero attached hydrogens (tertiary/aromatic N) is 1. The van der Waals surface area contributed by atoms with E-state index in [9.17, 15) is 9.59 Å². The summed E-state index contributed by atoms with van der Waals surface area (Å²) in [6.07, 6.45) is 0.123. The SMILES string of the molecule is COc1ccc(C(CC(=O)O)CC(=O)N(C)C)cc1. The van der Waals surface area contributed by atoms with E-state index in [0.29, 0.717) is 5.75 Å². The molecule has 1 unspecified atom stereocenters. The Morgan fingerprint density at radius 2 is 1.79 bits per heavy atom. The number of hydrogen-bond acceptors (Lipinski definition) is 3. The molecule has 0 radical (unpaired) electrons. The second-order valence-corrected chi connectivity index (χ2v) is 4.56. The van der Waals surface area contributed by atoms with Gasteiger partial charge in [0.15, 0.2) is 0 Å². The zero-order valence-corrected chi connectivity index (χ0v) is 11.4. The molecule has 1 aromatic rings. The van der Waals surface area contributed by atoms with Crippen LogP contribution in [0.1, 0.15) is 24.3 Å². The van der Waals surface area contributed by atoms with Crippen LogP contribution in [0.3, 0.4) is 0 Å². The number of benzene rings is 1. The van der Waals surface area contributed by atoms with E-state index in [4.69, 9.17) is 9.84 Å². The number of amides is 1. The molecule has 0 aliphatic carbocycles. The second-order valence-electron chi connectivity index (χ2n) is 4.56. The molecule has 0 saturated heterocycles. The molecule has 0 aliphatic heterocycles. The molecule has 0 saturated carbocycles. The van der Waals surface area contributed by atoms with E-state index < -0.39 is 5.97 Å². The maximum absolute atomic E-state index is 11.7. The van der Waals surface area contributed by atoms with Crippen LogP contribution in [0.4, 0.5) is 0 Å². The number of carboxylic acid groups (broad SMARTS) is 1. The third-order valence-corrected chi connectivity index (χ3v) is 2.93. The molecular formula is C14H19NO4. The van der Waals surface area contributed by atoms with Gasteiger partial charge in [-0.3, -0.25) is 9.59 Å². The topological polar surface area (TPSA) is 66.8 Å². The van der Waals surface area contributed by atoms with Crippen LogP contribution in [-0.4, -0.2) is 43.1 Å². The van der Waals surface area contributed by atoms with E-state index in [1.165, 1.54) is 4.90 Å². The van der Waals surface area contributed by atoms with Gasteiger partial charge in [-0.15, -0.1) is 0 Å². The summed E-state index contributed by atoms with van der Waals surface area (Å²) >= 11 is 0. The molecule has 1 amide bonds. The first-order valence-electron chi connectivity index (χ1n) is 6.00. The van der Waals surface area contributed by atoms with Gasteiger partial charge in [-0.2, -0.15) is 0 Å². The lowest BCUT2D eigenvalue weighted by atomic mass is 9.92. The summed E-state index contributed by atoms with van der Waals surface area (Å²) in [6, 6.07) is 7.14. The first-order valence-corrected chi connectivity index (χ1v) is 6.00. The molecule has 0 aliphatic rings. The van der Waals surface area contributed by atoms with Crippen molar-refractivity contribution in [2.75, 3.05) is 21.2 Å². The summed E-state index contributed by atoms with van der Waals surface area (Å²) in [7, 11) is 4.89. The van der Waals surface area contributed by atoms with Gasteiger partial charge in [0.1, 0.15) is 5.75 Å². The fourth-order valence-corrected chi connectivity index (χ4v) is 1.79. The van der Waals surface area contributed by atoms with Gasteiger partial charge in [0.25, 0.3) is 0 Å². The Morgan fingerprint density at radius 1 is 1.21 bits per heavy atom. The summed E-state index contributed by atoms with van der Waals surface area (Å²) < 4.78 is 5.06. The first-order chi connectivity index (χ1) is 8.93. The standard InChI is InChI=1S/C14H19NO4/c1-15(2)13(16)8-11(9-14(17)18)10-4-6-12(19-3)7-5-10/h4-7,11H,8-9H2,1-3H3,(H,17,18). The van der Waals surface area contributed by atoms with E-state index >= 15 is 0 Å². The molecule has 5 nitrogen and oxygen atoms in total. The Hall–Kier alpha value is -2.04. The largest absolute Gasteiger partial charge is 0.497 e. The number of ether oxygens (including phenoxy) is 1. The van der Waals surface area contributed by atoms with Gasteiger partial charge in [-0.25, -0.2) is 0 Å². The minimum Gasteiger partial charge on any atom is -0.497 e. The van der Waals surface area contributed by atoms with Gasteiger partial charge in [0.2, 0.25) is 5.91 Å². The minimum atomic E-state index is -0.910. The molecule has 1 rings (SSSR count). The highest BCUT2D eigenvalue weighted by molar-refractivity contribution is 5.78. The molecule has 19 heavy (non-hydrogen) atoms. The van der Waals surface area contributed by atoms with Gasteiger partial charge in [-0.05, 0) is 17.7 Å². The van der Waals surface area contributed by atoms with Gasteiger partial charge in [0, 0.05) is 26.4 Å². The van der Waals surface area contributed by atoms with Crippen LogP contribution in [-0.2, 0) is 9.59 Å². The van der Waals surface area contributed by atoms with Crippen LogP contribution >= 0.6 is 0 Å². The van der Waals surface area contributed by atoms with Crippen LogP contribution in [0, 0.1) is 0 Å². The van der Waals surface area contributed by atoms with Crippen LogP contribution in [0.5, 0.6) is 5.75 Å². The number of carbonyl (C=O) groups excluding carboxylic acids is 1. The van der Waals surface area contributed by atoms with Gasteiger partial charge in [-0.1, -0.05) is 12.1 Å². The third-order valence-electron chi connectivity index (χ3n) is 2.93. The normalized spacial score (nSPS) is 11.7. The van der Waals surface area contributed by atoms with Crippen molar-refractivity contribution in [3.63, 3.8) is 0 Å². The molecule has 0 spiro atoms.